The van der Waals surface area contributed by atoms with E-state index in [-0.39, 0.29) is 0 Å². The third-order valence-electron chi connectivity index (χ3n) is 4.04. The van der Waals surface area contributed by atoms with E-state index in [1.807, 2.05) is 0 Å². The van der Waals surface area contributed by atoms with E-state index in [1.54, 1.807) is 0 Å². The molecule has 82 valence electrons. The molecule has 2 saturated heterocycles. The van der Waals surface area contributed by atoms with Gasteiger partial charge in [-0.25, -0.2) is 0 Å². The second kappa shape index (κ2) is 4.19. The van der Waals surface area contributed by atoms with Gasteiger partial charge in [-0.05, 0) is 46.6 Å². The summed E-state index contributed by atoms with van der Waals surface area (Å²) in [6.45, 7) is 4.70. The molecule has 2 atom stereocenters. The number of hydrogen-bond donors (Lipinski definition) is 1. The zero-order valence-electron chi connectivity index (χ0n) is 9.79. The molecule has 2 aliphatic heterocycles. The largest absolute Gasteiger partial charge is 0.317 e. The predicted octanol–water partition coefficient (Wildman–Crippen LogP) is 2.00. The van der Waals surface area contributed by atoms with Crippen LogP contribution in [0.5, 0.6) is 0 Å². The van der Waals surface area contributed by atoms with Crippen LogP contribution in [0.3, 0.4) is 0 Å². The van der Waals surface area contributed by atoms with Crippen molar-refractivity contribution in [2.75, 3.05) is 7.05 Å². The Hall–Kier alpha value is -0.0800. The molecule has 0 aromatic carbocycles. The first-order valence-corrected chi connectivity index (χ1v) is 6.17. The third-order valence-corrected chi connectivity index (χ3v) is 4.04. The lowest BCUT2D eigenvalue weighted by molar-refractivity contribution is 0.00140. The molecule has 0 amide bonds. The van der Waals surface area contributed by atoms with Crippen molar-refractivity contribution in [3.05, 3.63) is 0 Å². The van der Waals surface area contributed by atoms with Gasteiger partial charge in [0.1, 0.15) is 0 Å². The van der Waals surface area contributed by atoms with Gasteiger partial charge in [-0.2, -0.15) is 0 Å². The summed E-state index contributed by atoms with van der Waals surface area (Å²) < 4.78 is 0. The zero-order valence-corrected chi connectivity index (χ0v) is 9.79. The maximum Gasteiger partial charge on any atom is 0.0116 e. The van der Waals surface area contributed by atoms with Crippen LogP contribution in [-0.4, -0.2) is 36.1 Å². The van der Waals surface area contributed by atoms with Crippen molar-refractivity contribution in [1.29, 1.82) is 0 Å². The molecule has 2 nitrogen and oxygen atoms in total. The SMILES string of the molecule is CNC1CC2CCCC(C1)N2C(C)C. The molecule has 2 unspecified atom stereocenters. The fourth-order valence-electron chi connectivity index (χ4n) is 3.50. The summed E-state index contributed by atoms with van der Waals surface area (Å²) in [6, 6.07) is 3.24. The molecule has 2 heteroatoms. The first-order valence-electron chi connectivity index (χ1n) is 6.17. The molecular weight excluding hydrogens is 172 g/mol. The Labute approximate surface area is 88.1 Å². The summed E-state index contributed by atoms with van der Waals surface area (Å²) >= 11 is 0. The van der Waals surface area contributed by atoms with Crippen LogP contribution in [0.15, 0.2) is 0 Å². The second-order valence-electron chi connectivity index (χ2n) is 5.24. The Balaban J connectivity index is 2.07. The quantitative estimate of drug-likeness (QED) is 0.726. The fourth-order valence-corrected chi connectivity index (χ4v) is 3.50. The smallest absolute Gasteiger partial charge is 0.0116 e. The lowest BCUT2D eigenvalue weighted by Gasteiger charge is -2.51. The maximum absolute atomic E-state index is 3.47. The average molecular weight is 196 g/mol. The van der Waals surface area contributed by atoms with E-state index in [1.165, 1.54) is 32.1 Å². The van der Waals surface area contributed by atoms with Crippen LogP contribution >= 0.6 is 0 Å². The summed E-state index contributed by atoms with van der Waals surface area (Å²) in [7, 11) is 2.12. The molecule has 2 aliphatic rings. The van der Waals surface area contributed by atoms with E-state index >= 15 is 0 Å². The molecule has 0 radical (unpaired) electrons. The highest BCUT2D eigenvalue weighted by Crippen LogP contribution is 2.35. The van der Waals surface area contributed by atoms with Crippen molar-refractivity contribution in [2.24, 2.45) is 0 Å². The zero-order chi connectivity index (χ0) is 10.1. The fraction of sp³-hybridized carbons (Fsp3) is 1.00. The topological polar surface area (TPSA) is 15.3 Å². The van der Waals surface area contributed by atoms with Crippen molar-refractivity contribution in [3.63, 3.8) is 0 Å². The monoisotopic (exact) mass is 196 g/mol. The summed E-state index contributed by atoms with van der Waals surface area (Å²) in [6.07, 6.45) is 7.03. The molecule has 2 bridgehead atoms. The van der Waals surface area contributed by atoms with Gasteiger partial charge in [-0.1, -0.05) is 6.42 Å². The van der Waals surface area contributed by atoms with E-state index in [4.69, 9.17) is 0 Å². The number of rotatable bonds is 2. The average Bonchev–Trinajstić information content (AvgIpc) is 2.15. The van der Waals surface area contributed by atoms with E-state index in [2.05, 4.69) is 31.1 Å². The molecule has 2 fully saturated rings. The van der Waals surface area contributed by atoms with Gasteiger partial charge in [0.2, 0.25) is 0 Å². The molecule has 1 N–H and O–H groups in total. The molecule has 2 heterocycles. The molecule has 0 aromatic rings. The van der Waals surface area contributed by atoms with Gasteiger partial charge in [-0.15, -0.1) is 0 Å². The minimum atomic E-state index is 0.739. The van der Waals surface area contributed by atoms with Gasteiger partial charge >= 0.3 is 0 Å². The minimum Gasteiger partial charge on any atom is -0.317 e. The van der Waals surface area contributed by atoms with Crippen LogP contribution in [0.1, 0.15) is 46.0 Å². The predicted molar refractivity (Wildman–Crippen MR) is 60.5 cm³/mol. The molecule has 0 aliphatic carbocycles. The van der Waals surface area contributed by atoms with Crippen LogP contribution in [0, 0.1) is 0 Å². The van der Waals surface area contributed by atoms with Crippen molar-refractivity contribution >= 4 is 0 Å². The lowest BCUT2D eigenvalue weighted by atomic mass is 9.81. The first-order chi connectivity index (χ1) is 6.72. The summed E-state index contributed by atoms with van der Waals surface area (Å²) in [4.78, 5) is 2.78. The molecular formula is C12H24N2. The Morgan fingerprint density at radius 3 is 2.14 bits per heavy atom. The van der Waals surface area contributed by atoms with Crippen LogP contribution in [-0.2, 0) is 0 Å². The van der Waals surface area contributed by atoms with Crippen LogP contribution in [0.4, 0.5) is 0 Å². The Morgan fingerprint density at radius 1 is 1.14 bits per heavy atom. The van der Waals surface area contributed by atoms with Crippen molar-refractivity contribution in [1.82, 2.24) is 10.2 Å². The normalized spacial score (nSPS) is 39.0. The molecule has 14 heavy (non-hydrogen) atoms. The highest BCUT2D eigenvalue weighted by Gasteiger charge is 2.38. The minimum absolute atomic E-state index is 0.739. The lowest BCUT2D eigenvalue weighted by Crippen LogP contribution is -2.58. The highest BCUT2D eigenvalue weighted by molar-refractivity contribution is 4.95. The maximum atomic E-state index is 3.47. The number of piperidine rings is 2. The van der Waals surface area contributed by atoms with E-state index in [0.717, 1.165) is 24.2 Å². The number of fused-ring (bicyclic) bond motifs is 2. The van der Waals surface area contributed by atoms with Crippen LogP contribution in [0.2, 0.25) is 0 Å². The summed E-state index contributed by atoms with van der Waals surface area (Å²) in [5, 5.41) is 3.47. The van der Waals surface area contributed by atoms with Crippen LogP contribution in [0.25, 0.3) is 0 Å². The van der Waals surface area contributed by atoms with E-state index < -0.39 is 0 Å². The first kappa shape index (κ1) is 10.4. The summed E-state index contributed by atoms with van der Waals surface area (Å²) in [5.74, 6) is 0. The highest BCUT2D eigenvalue weighted by atomic mass is 15.2. The van der Waals surface area contributed by atoms with Gasteiger partial charge in [0.25, 0.3) is 0 Å². The molecule has 0 spiro atoms. The van der Waals surface area contributed by atoms with Gasteiger partial charge in [0.05, 0.1) is 0 Å². The molecule has 2 rings (SSSR count). The van der Waals surface area contributed by atoms with Gasteiger partial charge in [0.15, 0.2) is 0 Å². The van der Waals surface area contributed by atoms with E-state index in [9.17, 15) is 0 Å². The standard InChI is InChI=1S/C12H24N2/c1-9(2)14-11-5-4-6-12(14)8-10(7-11)13-3/h9-13H,4-8H2,1-3H3. The number of nitrogens with zero attached hydrogens (tertiary/aromatic N) is 1. The Morgan fingerprint density at radius 2 is 1.71 bits per heavy atom. The Kier molecular flexibility index (Phi) is 3.13. The van der Waals surface area contributed by atoms with Crippen molar-refractivity contribution in [2.45, 2.75) is 70.1 Å². The summed E-state index contributed by atoms with van der Waals surface area (Å²) in [5.41, 5.74) is 0. The van der Waals surface area contributed by atoms with Crippen molar-refractivity contribution in [3.8, 4) is 0 Å². The number of hydrogen-bond acceptors (Lipinski definition) is 2. The van der Waals surface area contributed by atoms with Gasteiger partial charge in [0, 0.05) is 24.2 Å². The van der Waals surface area contributed by atoms with Gasteiger partial charge < -0.3 is 5.32 Å². The van der Waals surface area contributed by atoms with E-state index in [0.29, 0.717) is 0 Å². The van der Waals surface area contributed by atoms with Crippen molar-refractivity contribution < 1.29 is 0 Å². The second-order valence-corrected chi connectivity index (χ2v) is 5.24. The third kappa shape index (κ3) is 1.82. The number of nitrogens with one attached hydrogen (secondary N) is 1. The molecule has 0 saturated carbocycles. The Bertz CT molecular complexity index is 177. The van der Waals surface area contributed by atoms with Crippen LogP contribution < -0.4 is 5.32 Å². The molecule has 0 aromatic heterocycles. The van der Waals surface area contributed by atoms with Gasteiger partial charge in [-0.3, -0.25) is 4.90 Å².